The van der Waals surface area contributed by atoms with Gasteiger partial charge in [-0.1, -0.05) is 89.9 Å². The second-order valence-electron chi connectivity index (χ2n) is 18.7. The van der Waals surface area contributed by atoms with E-state index in [1.54, 1.807) is 0 Å². The number of ether oxygens (including phenoxy) is 4. The van der Waals surface area contributed by atoms with Crippen LogP contribution in [-0.4, -0.2) is 153 Å². The molecule has 0 aliphatic heterocycles. The third-order valence-corrected chi connectivity index (χ3v) is 12.3. The van der Waals surface area contributed by atoms with Crippen LogP contribution in [0.5, 0.6) is 0 Å². The highest BCUT2D eigenvalue weighted by molar-refractivity contribution is 5.89. The number of Topliss-reactive ketones (excluding diaryl/α,β-unsaturated/α-hetero) is 1. The number of nitrogens with one attached hydrogen (secondary N) is 5. The average molecular weight is 1030 g/mol. The van der Waals surface area contributed by atoms with Crippen LogP contribution in [0.4, 0.5) is 0 Å². The van der Waals surface area contributed by atoms with E-state index in [1.807, 2.05) is 0 Å². The molecule has 0 spiro atoms. The number of unbranched alkanes of at least 4 members (excludes halogenated alkanes) is 15. The highest BCUT2D eigenvalue weighted by Gasteiger charge is 2.30. The molecule has 72 heavy (non-hydrogen) atoms. The largest absolute Gasteiger partial charge is 0.481 e. The molecule has 1 aliphatic carbocycles. The van der Waals surface area contributed by atoms with Crippen LogP contribution in [0.15, 0.2) is 0 Å². The summed E-state index contributed by atoms with van der Waals surface area (Å²) >= 11 is 0. The number of rotatable bonds is 48. The third kappa shape index (κ3) is 38.9. The molecule has 5 amide bonds. The molecule has 1 saturated carbocycles. The van der Waals surface area contributed by atoms with Crippen molar-refractivity contribution >= 4 is 53.2 Å². The van der Waals surface area contributed by atoms with E-state index in [0.29, 0.717) is 38.6 Å². The predicted molar refractivity (Wildman–Crippen MR) is 267 cm³/mol. The lowest BCUT2D eigenvalue weighted by atomic mass is 9.81. The fourth-order valence-corrected chi connectivity index (χ4v) is 8.14. The molecule has 2 atom stereocenters. The molecule has 414 valence electrons. The number of carboxylic acids is 3. The number of carbonyl (C=O) groups excluding carboxylic acids is 6. The van der Waals surface area contributed by atoms with Crippen LogP contribution in [-0.2, 0) is 62.1 Å². The first-order valence-electron chi connectivity index (χ1n) is 26.6. The Balaban J connectivity index is 2.20. The third-order valence-electron chi connectivity index (χ3n) is 12.3. The van der Waals surface area contributed by atoms with Gasteiger partial charge >= 0.3 is 17.9 Å². The Morgan fingerprint density at radius 2 is 0.931 bits per heavy atom. The Bertz CT molecular complexity index is 1560. The number of hydrogen-bond donors (Lipinski definition) is 8. The second kappa shape index (κ2) is 43.8. The van der Waals surface area contributed by atoms with Crippen molar-refractivity contribution in [3.63, 3.8) is 0 Å². The summed E-state index contributed by atoms with van der Waals surface area (Å²) in [6, 6.07) is -2.57. The molecule has 0 saturated heterocycles. The van der Waals surface area contributed by atoms with Gasteiger partial charge in [0.2, 0.25) is 29.5 Å². The standard InChI is InChI=1S/C51H89N5O16/c1-39(57)37-71-34-32-69-30-28-52-46(60)38-72-35-33-70-31-29-53-50(66)42(25-27-48(63)64)55-45(59)26-24-43(51(67)68)56-49(65)41-22-20-40(21-23-41)36-54-44(58)18-16-14-12-10-8-6-4-2-3-5-7-9-11-13-15-17-19-47(61)62/h40-43H,2-38H2,1H3,(H,52,60)(H,53,66)(H,54,58)(H,55,59)(H,56,65)(H,61,62)(H,63,64)(H,67,68)/t40-,41-,42-,43-/m0/s1. The molecule has 21 nitrogen and oxygen atoms in total. The Labute approximate surface area is 426 Å². The van der Waals surface area contributed by atoms with E-state index in [1.165, 1.54) is 71.1 Å². The van der Waals surface area contributed by atoms with Gasteiger partial charge in [-0.25, -0.2) is 4.79 Å². The molecular weight excluding hydrogens is 939 g/mol. The van der Waals surface area contributed by atoms with Gasteiger partial charge in [-0.3, -0.25) is 38.4 Å². The zero-order chi connectivity index (χ0) is 53.0. The van der Waals surface area contributed by atoms with E-state index in [9.17, 15) is 53.4 Å². The molecule has 1 aliphatic rings. The second-order valence-corrected chi connectivity index (χ2v) is 18.7. The van der Waals surface area contributed by atoms with Crippen molar-refractivity contribution in [3.05, 3.63) is 0 Å². The van der Waals surface area contributed by atoms with Crippen molar-refractivity contribution in [1.29, 1.82) is 0 Å². The molecule has 8 N–H and O–H groups in total. The van der Waals surface area contributed by atoms with Gasteiger partial charge in [0.15, 0.2) is 5.78 Å². The van der Waals surface area contributed by atoms with E-state index in [-0.39, 0.29) is 115 Å². The van der Waals surface area contributed by atoms with Crippen LogP contribution < -0.4 is 26.6 Å². The number of hydrogen-bond acceptors (Lipinski definition) is 13. The molecular formula is C51H89N5O16. The summed E-state index contributed by atoms with van der Waals surface area (Å²) in [5.41, 5.74) is 0. The first-order valence-corrected chi connectivity index (χ1v) is 26.6. The molecule has 0 aromatic carbocycles. The SMILES string of the molecule is CC(=O)COCCOCCNC(=O)COCCOCCNC(=O)[C@H](CCC(=O)O)NC(=O)CC[C@H](NC(=O)[C@H]1CC[C@H](CNC(=O)CCCCCCCCCCCCCCCCCCC(=O)O)CC1)C(=O)O. The molecule has 0 aromatic rings. The molecule has 0 radical (unpaired) electrons. The van der Waals surface area contributed by atoms with Gasteiger partial charge in [-0.15, -0.1) is 0 Å². The quantitative estimate of drug-likeness (QED) is 0.0386. The number of aliphatic carboxylic acids is 3. The van der Waals surface area contributed by atoms with Gasteiger partial charge < -0.3 is 60.9 Å². The number of carbonyl (C=O) groups is 9. The van der Waals surface area contributed by atoms with Crippen LogP contribution >= 0.6 is 0 Å². The summed E-state index contributed by atoms with van der Waals surface area (Å²) < 4.78 is 21.0. The molecule has 0 heterocycles. The molecule has 0 aromatic heterocycles. The topological polar surface area (TPSA) is 311 Å². The zero-order valence-corrected chi connectivity index (χ0v) is 43.1. The smallest absolute Gasteiger partial charge is 0.326 e. The van der Waals surface area contributed by atoms with Crippen molar-refractivity contribution < 1.29 is 77.4 Å². The van der Waals surface area contributed by atoms with Crippen LogP contribution in [0.3, 0.4) is 0 Å². The highest BCUT2D eigenvalue weighted by atomic mass is 16.5. The highest BCUT2D eigenvalue weighted by Crippen LogP contribution is 2.29. The van der Waals surface area contributed by atoms with Crippen LogP contribution in [0, 0.1) is 11.8 Å². The lowest BCUT2D eigenvalue weighted by Crippen LogP contribution is -2.48. The normalized spacial score (nSPS) is 15.2. The van der Waals surface area contributed by atoms with Crippen molar-refractivity contribution in [2.45, 2.75) is 186 Å². The first kappa shape index (κ1) is 65.3. The Hall–Kier alpha value is -4.73. The van der Waals surface area contributed by atoms with E-state index >= 15 is 0 Å². The predicted octanol–water partition coefficient (Wildman–Crippen LogP) is 4.60. The maximum atomic E-state index is 13.1. The first-order chi connectivity index (χ1) is 34.7. The lowest BCUT2D eigenvalue weighted by molar-refractivity contribution is -0.143. The van der Waals surface area contributed by atoms with Crippen LogP contribution in [0.1, 0.15) is 174 Å². The molecule has 21 heteroatoms. The Morgan fingerprint density at radius 3 is 1.44 bits per heavy atom. The zero-order valence-electron chi connectivity index (χ0n) is 43.1. The molecule has 0 bridgehead atoms. The fraction of sp³-hybridized carbons (Fsp3) is 0.824. The van der Waals surface area contributed by atoms with Gasteiger partial charge in [0.1, 0.15) is 25.3 Å². The summed E-state index contributed by atoms with van der Waals surface area (Å²) in [6.07, 6.45) is 20.5. The number of amides is 5. The van der Waals surface area contributed by atoms with E-state index in [4.69, 9.17) is 24.1 Å². The van der Waals surface area contributed by atoms with Gasteiger partial charge in [-0.2, -0.15) is 0 Å². The van der Waals surface area contributed by atoms with Crippen molar-refractivity contribution in [2.75, 3.05) is 72.5 Å². The number of carboxylic acid groups (broad SMARTS) is 3. The van der Waals surface area contributed by atoms with Gasteiger partial charge in [0.25, 0.3) is 0 Å². The maximum Gasteiger partial charge on any atom is 0.326 e. The minimum atomic E-state index is -1.36. The monoisotopic (exact) mass is 1030 g/mol. The summed E-state index contributed by atoms with van der Waals surface area (Å²) in [7, 11) is 0. The Morgan fingerprint density at radius 1 is 0.458 bits per heavy atom. The Kier molecular flexibility index (Phi) is 39.7. The van der Waals surface area contributed by atoms with E-state index in [2.05, 4.69) is 26.6 Å². The minimum absolute atomic E-state index is 0.0229. The van der Waals surface area contributed by atoms with E-state index < -0.39 is 60.1 Å². The summed E-state index contributed by atoms with van der Waals surface area (Å²) in [5, 5.41) is 41.0. The molecule has 1 rings (SSSR count). The number of ketones is 1. The minimum Gasteiger partial charge on any atom is -0.481 e. The van der Waals surface area contributed by atoms with Crippen LogP contribution in [0.2, 0.25) is 0 Å². The average Bonchev–Trinajstić information content (AvgIpc) is 3.34. The van der Waals surface area contributed by atoms with E-state index in [0.717, 1.165) is 38.5 Å². The van der Waals surface area contributed by atoms with Gasteiger partial charge in [0, 0.05) is 51.2 Å². The van der Waals surface area contributed by atoms with Crippen molar-refractivity contribution in [3.8, 4) is 0 Å². The van der Waals surface area contributed by atoms with Crippen molar-refractivity contribution in [2.24, 2.45) is 11.8 Å². The van der Waals surface area contributed by atoms with Gasteiger partial charge in [-0.05, 0) is 64.2 Å². The lowest BCUT2D eigenvalue weighted by Gasteiger charge is -2.28. The fourth-order valence-electron chi connectivity index (χ4n) is 8.14. The van der Waals surface area contributed by atoms with Crippen molar-refractivity contribution in [1.82, 2.24) is 26.6 Å². The van der Waals surface area contributed by atoms with Gasteiger partial charge in [0.05, 0.1) is 39.6 Å². The summed E-state index contributed by atoms with van der Waals surface area (Å²) in [4.78, 5) is 108. The summed E-state index contributed by atoms with van der Waals surface area (Å²) in [6.45, 7) is 3.15. The molecule has 1 fully saturated rings. The summed E-state index contributed by atoms with van der Waals surface area (Å²) in [5.74, 6) is -5.55. The molecule has 0 unspecified atom stereocenters. The maximum absolute atomic E-state index is 13.1. The van der Waals surface area contributed by atoms with Crippen LogP contribution in [0.25, 0.3) is 0 Å².